The van der Waals surface area contributed by atoms with Gasteiger partial charge in [0.1, 0.15) is 0 Å². The van der Waals surface area contributed by atoms with Crippen molar-refractivity contribution in [2.24, 2.45) is 0 Å². The molecular formula is C21H20N4O7S. The van der Waals surface area contributed by atoms with Gasteiger partial charge >= 0.3 is 11.8 Å². The molecule has 1 amide bonds. The van der Waals surface area contributed by atoms with Crippen LogP contribution in [0.5, 0.6) is 11.5 Å². The lowest BCUT2D eigenvalue weighted by atomic mass is 10.2. The summed E-state index contributed by atoms with van der Waals surface area (Å²) < 4.78 is 48.1. The van der Waals surface area contributed by atoms with Crippen molar-refractivity contribution in [2.75, 3.05) is 33.1 Å². The molecular weight excluding hydrogens is 452 g/mol. The van der Waals surface area contributed by atoms with Gasteiger partial charge in [-0.2, -0.15) is 4.31 Å². The third-order valence-electron chi connectivity index (χ3n) is 5.22. The first-order chi connectivity index (χ1) is 16.0. The summed E-state index contributed by atoms with van der Waals surface area (Å²) in [6.45, 7) is 1.80. The van der Waals surface area contributed by atoms with Crippen LogP contribution in [0, 0.1) is 0 Å². The van der Waals surface area contributed by atoms with Crippen molar-refractivity contribution >= 4 is 15.9 Å². The van der Waals surface area contributed by atoms with Crippen LogP contribution >= 0.6 is 0 Å². The zero-order valence-corrected chi connectivity index (χ0v) is 18.2. The van der Waals surface area contributed by atoms with Gasteiger partial charge in [0.25, 0.3) is 0 Å². The fourth-order valence-electron chi connectivity index (χ4n) is 3.45. The Balaban J connectivity index is 1.24. The summed E-state index contributed by atoms with van der Waals surface area (Å²) in [5, 5.41) is 10.4. The number of amides is 1. The Hall–Kier alpha value is -3.48. The molecule has 0 aliphatic carbocycles. The first kappa shape index (κ1) is 21.4. The van der Waals surface area contributed by atoms with Crippen molar-refractivity contribution < 1.29 is 31.8 Å². The third kappa shape index (κ3) is 4.40. The zero-order chi connectivity index (χ0) is 22.8. The fourth-order valence-corrected chi connectivity index (χ4v) is 4.85. The lowest BCUT2D eigenvalue weighted by Crippen LogP contribution is -2.40. The van der Waals surface area contributed by atoms with Crippen LogP contribution in [0.1, 0.15) is 16.2 Å². The minimum atomic E-state index is -3.60. The molecule has 1 N–H and O–H groups in total. The molecule has 5 rings (SSSR count). The molecule has 0 spiro atoms. The SMILES string of the molecule is O=C(NCc1ccc2c(c1)OCO2)c1nnc(-c2ccc(S(=O)(=O)N3CCOCC3)cc2)o1. The fraction of sp³-hybridized carbons (Fsp3) is 0.286. The summed E-state index contributed by atoms with van der Waals surface area (Å²) in [4.78, 5) is 12.6. The van der Waals surface area contributed by atoms with Crippen molar-refractivity contribution in [1.29, 1.82) is 0 Å². The summed E-state index contributed by atoms with van der Waals surface area (Å²) in [7, 11) is -3.60. The number of carbonyl (C=O) groups excluding carboxylic acids is 1. The van der Waals surface area contributed by atoms with Crippen LogP contribution in [-0.4, -0.2) is 61.9 Å². The molecule has 12 heteroatoms. The number of morpholine rings is 1. The smallest absolute Gasteiger partial charge is 0.309 e. The maximum absolute atomic E-state index is 12.7. The predicted octanol–water partition coefficient (Wildman–Crippen LogP) is 1.42. The maximum atomic E-state index is 12.7. The van der Waals surface area contributed by atoms with Gasteiger partial charge < -0.3 is 23.9 Å². The number of fused-ring (bicyclic) bond motifs is 1. The summed E-state index contributed by atoms with van der Waals surface area (Å²) in [5.74, 6) is 0.670. The molecule has 0 bridgehead atoms. The standard InChI is InChI=1S/C21H20N4O7S/c26-19(22-12-14-1-6-17-18(11-14)31-13-30-17)21-24-23-20(32-21)15-2-4-16(5-3-15)33(27,28)25-7-9-29-10-8-25/h1-6,11H,7-10,12-13H2,(H,22,26). The number of hydrogen-bond donors (Lipinski definition) is 1. The van der Waals surface area contributed by atoms with Crippen LogP contribution in [-0.2, 0) is 21.3 Å². The lowest BCUT2D eigenvalue weighted by molar-refractivity contribution is 0.0730. The number of nitrogens with zero attached hydrogens (tertiary/aromatic N) is 3. The molecule has 1 fully saturated rings. The molecule has 2 aliphatic rings. The van der Waals surface area contributed by atoms with Gasteiger partial charge in [-0.15, -0.1) is 10.2 Å². The second-order valence-corrected chi connectivity index (χ2v) is 9.26. The highest BCUT2D eigenvalue weighted by atomic mass is 32.2. The quantitative estimate of drug-likeness (QED) is 0.565. The Morgan fingerprint density at radius 2 is 1.76 bits per heavy atom. The topological polar surface area (TPSA) is 133 Å². The van der Waals surface area contributed by atoms with Crippen LogP contribution < -0.4 is 14.8 Å². The predicted molar refractivity (Wildman–Crippen MR) is 113 cm³/mol. The van der Waals surface area contributed by atoms with E-state index in [1.54, 1.807) is 24.3 Å². The second-order valence-electron chi connectivity index (χ2n) is 7.32. The second kappa shape index (κ2) is 8.81. The normalized spacial score (nSPS) is 16.0. The van der Waals surface area contributed by atoms with E-state index in [0.29, 0.717) is 43.4 Å². The molecule has 11 nitrogen and oxygen atoms in total. The Morgan fingerprint density at radius 3 is 2.55 bits per heavy atom. The molecule has 1 saturated heterocycles. The summed E-state index contributed by atoms with van der Waals surface area (Å²) in [5.41, 5.74) is 1.32. The van der Waals surface area contributed by atoms with E-state index in [0.717, 1.165) is 5.56 Å². The molecule has 2 aromatic carbocycles. The Morgan fingerprint density at radius 1 is 1.00 bits per heavy atom. The number of rotatable bonds is 6. The average Bonchev–Trinajstić information content (AvgIpc) is 3.53. The van der Waals surface area contributed by atoms with Gasteiger partial charge in [0.05, 0.1) is 18.1 Å². The van der Waals surface area contributed by atoms with E-state index in [-0.39, 0.29) is 30.0 Å². The number of carbonyl (C=O) groups is 1. The molecule has 1 aromatic heterocycles. The average molecular weight is 472 g/mol. The zero-order valence-electron chi connectivity index (χ0n) is 17.4. The Labute approximate surface area is 189 Å². The number of ether oxygens (including phenoxy) is 3. The van der Waals surface area contributed by atoms with Gasteiger partial charge in [-0.25, -0.2) is 8.42 Å². The van der Waals surface area contributed by atoms with Gasteiger partial charge in [-0.3, -0.25) is 4.79 Å². The van der Waals surface area contributed by atoms with E-state index in [4.69, 9.17) is 18.6 Å². The van der Waals surface area contributed by atoms with E-state index in [2.05, 4.69) is 15.5 Å². The van der Waals surface area contributed by atoms with E-state index in [1.807, 2.05) is 6.07 Å². The molecule has 3 heterocycles. The minimum absolute atomic E-state index is 0.110. The van der Waals surface area contributed by atoms with Gasteiger partial charge in [0.15, 0.2) is 11.5 Å². The van der Waals surface area contributed by atoms with Crippen LogP contribution in [0.25, 0.3) is 11.5 Å². The van der Waals surface area contributed by atoms with Crippen molar-refractivity contribution in [3.63, 3.8) is 0 Å². The van der Waals surface area contributed by atoms with Gasteiger partial charge in [0, 0.05) is 25.2 Å². The van der Waals surface area contributed by atoms with Crippen LogP contribution in [0.3, 0.4) is 0 Å². The Bertz CT molecular complexity index is 1270. The molecule has 172 valence electrons. The van der Waals surface area contributed by atoms with Crippen LogP contribution in [0.15, 0.2) is 51.8 Å². The van der Waals surface area contributed by atoms with Gasteiger partial charge in [-0.05, 0) is 42.0 Å². The van der Waals surface area contributed by atoms with Crippen molar-refractivity contribution in [2.45, 2.75) is 11.4 Å². The number of sulfonamides is 1. The Kier molecular flexibility index (Phi) is 5.70. The van der Waals surface area contributed by atoms with Crippen LogP contribution in [0.4, 0.5) is 0 Å². The van der Waals surface area contributed by atoms with Crippen molar-refractivity contribution in [3.05, 3.63) is 53.9 Å². The molecule has 2 aliphatic heterocycles. The van der Waals surface area contributed by atoms with Crippen molar-refractivity contribution in [1.82, 2.24) is 19.8 Å². The first-order valence-electron chi connectivity index (χ1n) is 10.2. The van der Waals surface area contributed by atoms with Crippen molar-refractivity contribution in [3.8, 4) is 23.0 Å². The number of nitrogens with one attached hydrogen (secondary N) is 1. The number of benzene rings is 2. The van der Waals surface area contributed by atoms with Gasteiger partial charge in [0.2, 0.25) is 22.7 Å². The van der Waals surface area contributed by atoms with Gasteiger partial charge in [-0.1, -0.05) is 6.07 Å². The largest absolute Gasteiger partial charge is 0.454 e. The molecule has 0 radical (unpaired) electrons. The monoisotopic (exact) mass is 472 g/mol. The molecule has 0 unspecified atom stereocenters. The first-order valence-corrected chi connectivity index (χ1v) is 11.6. The minimum Gasteiger partial charge on any atom is -0.454 e. The van der Waals surface area contributed by atoms with E-state index in [1.165, 1.54) is 16.4 Å². The third-order valence-corrected chi connectivity index (χ3v) is 7.13. The number of hydrogen-bond acceptors (Lipinski definition) is 9. The van der Waals surface area contributed by atoms with E-state index >= 15 is 0 Å². The maximum Gasteiger partial charge on any atom is 0.309 e. The van der Waals surface area contributed by atoms with Crippen LogP contribution in [0.2, 0.25) is 0 Å². The van der Waals surface area contributed by atoms with E-state index in [9.17, 15) is 13.2 Å². The summed E-state index contributed by atoms with van der Waals surface area (Å²) in [6, 6.07) is 11.5. The summed E-state index contributed by atoms with van der Waals surface area (Å²) >= 11 is 0. The molecule has 3 aromatic rings. The molecule has 0 atom stereocenters. The highest BCUT2D eigenvalue weighted by Crippen LogP contribution is 2.32. The highest BCUT2D eigenvalue weighted by Gasteiger charge is 2.26. The number of aromatic nitrogens is 2. The molecule has 33 heavy (non-hydrogen) atoms. The lowest BCUT2D eigenvalue weighted by Gasteiger charge is -2.26. The highest BCUT2D eigenvalue weighted by molar-refractivity contribution is 7.89. The van der Waals surface area contributed by atoms with E-state index < -0.39 is 15.9 Å². The summed E-state index contributed by atoms with van der Waals surface area (Å²) in [6.07, 6.45) is 0. The molecule has 0 saturated carbocycles.